The van der Waals surface area contributed by atoms with Gasteiger partial charge in [-0.25, -0.2) is 0 Å². The smallest absolute Gasteiger partial charge is 0.257 e. The highest BCUT2D eigenvalue weighted by Gasteiger charge is 2.30. The number of aliphatic hydroxyl groups is 1. The minimum atomic E-state index is -0.632. The largest absolute Gasteiger partial charge is 0.490 e. The number of aliphatic hydroxyl groups excluding tert-OH is 1. The van der Waals surface area contributed by atoms with E-state index in [0.717, 1.165) is 56.2 Å². The second-order valence-corrected chi connectivity index (χ2v) is 11.1. The van der Waals surface area contributed by atoms with Crippen molar-refractivity contribution in [2.75, 3.05) is 39.3 Å². The van der Waals surface area contributed by atoms with Crippen LogP contribution >= 0.6 is 12.2 Å². The standard InChI is InChI=1S/C29H37N3O4S/c1-20-16-32(19-24(33)18-30-12-9-22-5-3-4-6-23(22)17-30)29(34)27-8-7-26(15-28(27)35-20)36-25-10-13-31(14-11-25)21(2)37/h3-8,15,20,24-25,33H,9-14,16-19H2,1-2H3/t20-,24+/m0/s1. The molecule has 0 radical (unpaired) electrons. The Bertz CT molecular complexity index is 1130. The summed E-state index contributed by atoms with van der Waals surface area (Å²) in [7, 11) is 0. The lowest BCUT2D eigenvalue weighted by Gasteiger charge is -2.33. The van der Waals surface area contributed by atoms with Crippen LogP contribution in [0.4, 0.5) is 0 Å². The van der Waals surface area contributed by atoms with Gasteiger partial charge in [0.1, 0.15) is 23.7 Å². The van der Waals surface area contributed by atoms with E-state index in [9.17, 15) is 9.90 Å². The molecular formula is C29H37N3O4S. The maximum absolute atomic E-state index is 13.4. The number of nitrogens with zero attached hydrogens (tertiary/aromatic N) is 3. The van der Waals surface area contributed by atoms with E-state index in [1.807, 2.05) is 26.0 Å². The Kier molecular flexibility index (Phi) is 7.98. The molecule has 0 aromatic heterocycles. The summed E-state index contributed by atoms with van der Waals surface area (Å²) in [6.07, 6.45) is 2.11. The first-order valence-electron chi connectivity index (χ1n) is 13.3. The van der Waals surface area contributed by atoms with E-state index >= 15 is 0 Å². The summed E-state index contributed by atoms with van der Waals surface area (Å²) in [5, 5.41) is 10.9. The van der Waals surface area contributed by atoms with Gasteiger partial charge in [0.15, 0.2) is 0 Å². The second-order valence-electron chi connectivity index (χ2n) is 10.5. The number of carbonyl (C=O) groups is 1. The van der Waals surface area contributed by atoms with Gasteiger partial charge in [-0.15, -0.1) is 0 Å². The number of benzene rings is 2. The first-order valence-corrected chi connectivity index (χ1v) is 13.8. The quantitative estimate of drug-likeness (QED) is 0.582. The van der Waals surface area contributed by atoms with Crippen molar-refractivity contribution in [1.82, 2.24) is 14.7 Å². The van der Waals surface area contributed by atoms with Crippen LogP contribution in [0.3, 0.4) is 0 Å². The van der Waals surface area contributed by atoms with E-state index in [2.05, 4.69) is 34.1 Å². The molecule has 0 spiro atoms. The van der Waals surface area contributed by atoms with Crippen molar-refractivity contribution in [3.05, 3.63) is 59.2 Å². The van der Waals surface area contributed by atoms with Gasteiger partial charge in [0.05, 0.1) is 23.2 Å². The molecule has 37 heavy (non-hydrogen) atoms. The molecule has 2 atom stereocenters. The molecule has 1 fully saturated rings. The molecule has 2 aromatic rings. The Balaban J connectivity index is 1.20. The van der Waals surface area contributed by atoms with Crippen LogP contribution in [0.2, 0.25) is 0 Å². The minimum Gasteiger partial charge on any atom is -0.490 e. The Hall–Kier alpha value is -2.68. The van der Waals surface area contributed by atoms with Crippen LogP contribution in [-0.2, 0) is 13.0 Å². The highest BCUT2D eigenvalue weighted by Crippen LogP contribution is 2.31. The molecule has 0 bridgehead atoms. The van der Waals surface area contributed by atoms with E-state index < -0.39 is 6.10 Å². The van der Waals surface area contributed by atoms with E-state index in [1.165, 1.54) is 11.1 Å². The number of thiocarbonyl (C=S) groups is 1. The first kappa shape index (κ1) is 25.9. The molecule has 3 aliphatic heterocycles. The van der Waals surface area contributed by atoms with Crippen LogP contribution in [-0.4, -0.2) is 88.3 Å². The fraction of sp³-hybridized carbons (Fsp3) is 0.517. The molecular weight excluding hydrogens is 486 g/mol. The lowest BCUT2D eigenvalue weighted by Crippen LogP contribution is -2.45. The number of carbonyl (C=O) groups excluding carboxylic acids is 1. The summed E-state index contributed by atoms with van der Waals surface area (Å²) in [6, 6.07) is 14.0. The minimum absolute atomic E-state index is 0.112. The third kappa shape index (κ3) is 6.25. The molecule has 1 amide bonds. The monoisotopic (exact) mass is 523 g/mol. The summed E-state index contributed by atoms with van der Waals surface area (Å²) in [5.41, 5.74) is 3.22. The van der Waals surface area contributed by atoms with E-state index in [-0.39, 0.29) is 24.7 Å². The van der Waals surface area contributed by atoms with Crippen LogP contribution < -0.4 is 9.47 Å². The van der Waals surface area contributed by atoms with E-state index in [0.29, 0.717) is 24.4 Å². The molecule has 2 aromatic carbocycles. The normalized spacial score (nSPS) is 21.5. The predicted octanol–water partition coefficient (Wildman–Crippen LogP) is 3.52. The molecule has 8 heteroatoms. The molecule has 5 rings (SSSR count). The fourth-order valence-electron chi connectivity index (χ4n) is 5.63. The number of rotatable bonds is 6. The number of hydrogen-bond acceptors (Lipinski definition) is 6. The van der Waals surface area contributed by atoms with Crippen molar-refractivity contribution in [3.63, 3.8) is 0 Å². The summed E-state index contributed by atoms with van der Waals surface area (Å²) in [4.78, 5) is 20.6. The Morgan fingerprint density at radius 2 is 1.89 bits per heavy atom. The molecule has 1 N–H and O–H groups in total. The molecule has 1 saturated heterocycles. The maximum atomic E-state index is 13.4. The number of β-amino-alcohol motifs (C(OH)–C–C–N with tert-alkyl or cyclic N) is 1. The van der Waals surface area contributed by atoms with Gasteiger partial charge < -0.3 is 24.4 Å². The lowest BCUT2D eigenvalue weighted by molar-refractivity contribution is 0.0454. The average molecular weight is 524 g/mol. The summed E-state index contributed by atoms with van der Waals surface area (Å²) >= 11 is 5.29. The average Bonchev–Trinajstić information content (AvgIpc) is 2.99. The van der Waals surface area contributed by atoms with Crippen molar-refractivity contribution in [1.29, 1.82) is 0 Å². The highest BCUT2D eigenvalue weighted by molar-refractivity contribution is 7.80. The van der Waals surface area contributed by atoms with Crippen molar-refractivity contribution >= 4 is 23.1 Å². The number of ether oxygens (including phenoxy) is 2. The van der Waals surface area contributed by atoms with Gasteiger partial charge in [0.2, 0.25) is 0 Å². The fourth-order valence-corrected chi connectivity index (χ4v) is 5.81. The summed E-state index contributed by atoms with van der Waals surface area (Å²) in [6.45, 7) is 8.71. The van der Waals surface area contributed by atoms with Crippen molar-refractivity contribution in [2.24, 2.45) is 0 Å². The van der Waals surface area contributed by atoms with Crippen molar-refractivity contribution in [2.45, 2.75) is 58.0 Å². The van der Waals surface area contributed by atoms with Gasteiger partial charge in [0, 0.05) is 58.2 Å². The van der Waals surface area contributed by atoms with Gasteiger partial charge in [-0.05, 0) is 43.5 Å². The molecule has 7 nitrogen and oxygen atoms in total. The highest BCUT2D eigenvalue weighted by atomic mass is 32.1. The zero-order valence-corrected chi connectivity index (χ0v) is 22.6. The molecule has 3 heterocycles. The van der Waals surface area contributed by atoms with Crippen LogP contribution in [0.25, 0.3) is 0 Å². The predicted molar refractivity (Wildman–Crippen MR) is 147 cm³/mol. The molecule has 0 aliphatic carbocycles. The van der Waals surface area contributed by atoms with Gasteiger partial charge in [-0.2, -0.15) is 0 Å². The number of hydrogen-bond donors (Lipinski definition) is 1. The van der Waals surface area contributed by atoms with Crippen molar-refractivity contribution in [3.8, 4) is 11.5 Å². The number of fused-ring (bicyclic) bond motifs is 2. The second kappa shape index (κ2) is 11.4. The Morgan fingerprint density at radius 3 is 2.65 bits per heavy atom. The van der Waals surface area contributed by atoms with Crippen LogP contribution in [0, 0.1) is 0 Å². The number of piperidine rings is 1. The number of likely N-dealkylation sites (tertiary alicyclic amines) is 1. The van der Waals surface area contributed by atoms with E-state index in [1.54, 1.807) is 11.0 Å². The molecule has 0 saturated carbocycles. The van der Waals surface area contributed by atoms with Crippen LogP contribution in [0.5, 0.6) is 11.5 Å². The van der Waals surface area contributed by atoms with E-state index in [4.69, 9.17) is 21.7 Å². The molecule has 198 valence electrons. The third-order valence-corrected chi connectivity index (χ3v) is 7.83. The zero-order valence-electron chi connectivity index (χ0n) is 21.8. The molecule has 3 aliphatic rings. The van der Waals surface area contributed by atoms with Crippen molar-refractivity contribution < 1.29 is 19.4 Å². The SMILES string of the molecule is CC(=S)N1CCC(Oc2ccc3c(c2)O[C@@H](C)CN(C[C@H](O)CN2CCc4ccccc4C2)C3=O)CC1. The first-order chi connectivity index (χ1) is 17.9. The Morgan fingerprint density at radius 1 is 1.14 bits per heavy atom. The van der Waals surface area contributed by atoms with Crippen LogP contribution in [0.1, 0.15) is 48.2 Å². The van der Waals surface area contributed by atoms with Crippen LogP contribution in [0.15, 0.2) is 42.5 Å². The van der Waals surface area contributed by atoms with Gasteiger partial charge in [0.25, 0.3) is 5.91 Å². The summed E-state index contributed by atoms with van der Waals surface area (Å²) in [5.74, 6) is 1.15. The zero-order chi connectivity index (χ0) is 25.9. The lowest BCUT2D eigenvalue weighted by atomic mass is 10.00. The molecule has 0 unspecified atom stereocenters. The summed E-state index contributed by atoms with van der Waals surface area (Å²) < 4.78 is 12.4. The maximum Gasteiger partial charge on any atom is 0.257 e. The Labute approximate surface area is 224 Å². The third-order valence-electron chi connectivity index (χ3n) is 7.58. The van der Waals surface area contributed by atoms with Gasteiger partial charge >= 0.3 is 0 Å². The topological polar surface area (TPSA) is 65.5 Å². The number of amides is 1. The van der Waals surface area contributed by atoms with Gasteiger partial charge in [-0.1, -0.05) is 36.5 Å². The van der Waals surface area contributed by atoms with Gasteiger partial charge in [-0.3, -0.25) is 9.69 Å².